The minimum absolute atomic E-state index is 0.191. The average Bonchev–Trinajstić information content (AvgIpc) is 2.23. The summed E-state index contributed by atoms with van der Waals surface area (Å²) in [6.07, 6.45) is 3.17. The third-order valence-corrected chi connectivity index (χ3v) is 3.14. The van der Waals surface area contributed by atoms with Gasteiger partial charge in [-0.15, -0.1) is 0 Å². The van der Waals surface area contributed by atoms with Crippen molar-refractivity contribution in [3.8, 4) is 5.75 Å². The molecule has 0 amide bonds. The molecule has 1 aromatic carbocycles. The van der Waals surface area contributed by atoms with Crippen molar-refractivity contribution in [3.05, 3.63) is 29.6 Å². The van der Waals surface area contributed by atoms with Crippen LogP contribution in [0.5, 0.6) is 5.75 Å². The Hall–Kier alpha value is -1.09. The van der Waals surface area contributed by atoms with Crippen LogP contribution in [0.1, 0.15) is 37.2 Å². The van der Waals surface area contributed by atoms with Crippen LogP contribution in [0.15, 0.2) is 18.2 Å². The Morgan fingerprint density at radius 1 is 1.13 bits per heavy atom. The molecule has 82 valence electrons. The van der Waals surface area contributed by atoms with E-state index in [1.807, 2.05) is 0 Å². The molecular formula is C12H15FO2. The highest BCUT2D eigenvalue weighted by Gasteiger charge is 2.21. The fourth-order valence-corrected chi connectivity index (χ4v) is 2.19. The van der Waals surface area contributed by atoms with Gasteiger partial charge in [-0.25, -0.2) is 4.39 Å². The first-order valence-electron chi connectivity index (χ1n) is 5.33. The minimum Gasteiger partial charge on any atom is -0.505 e. The fourth-order valence-electron chi connectivity index (χ4n) is 2.19. The van der Waals surface area contributed by atoms with E-state index in [-0.39, 0.29) is 11.9 Å². The van der Waals surface area contributed by atoms with Gasteiger partial charge in [-0.3, -0.25) is 0 Å². The molecule has 0 aliphatic heterocycles. The summed E-state index contributed by atoms with van der Waals surface area (Å²) in [5.41, 5.74) is 0.928. The molecule has 0 radical (unpaired) electrons. The lowest BCUT2D eigenvalue weighted by atomic mass is 9.83. The van der Waals surface area contributed by atoms with Gasteiger partial charge in [-0.05, 0) is 49.3 Å². The molecule has 0 aromatic heterocycles. The number of phenols is 1. The lowest BCUT2D eigenvalue weighted by molar-refractivity contribution is 0.122. The highest BCUT2D eigenvalue weighted by Crippen LogP contribution is 2.34. The predicted molar refractivity (Wildman–Crippen MR) is 55.3 cm³/mol. The van der Waals surface area contributed by atoms with Gasteiger partial charge in [0.2, 0.25) is 0 Å². The smallest absolute Gasteiger partial charge is 0.165 e. The van der Waals surface area contributed by atoms with Crippen LogP contribution in [0.4, 0.5) is 4.39 Å². The second-order valence-electron chi connectivity index (χ2n) is 4.22. The van der Waals surface area contributed by atoms with Crippen LogP contribution in [0.3, 0.4) is 0 Å². The number of rotatable bonds is 1. The summed E-state index contributed by atoms with van der Waals surface area (Å²) in [7, 11) is 0. The number of halogens is 1. The Kier molecular flexibility index (Phi) is 2.91. The molecule has 1 fully saturated rings. The summed E-state index contributed by atoms with van der Waals surface area (Å²) >= 11 is 0. The number of hydrogen-bond donors (Lipinski definition) is 2. The van der Waals surface area contributed by atoms with Crippen LogP contribution >= 0.6 is 0 Å². The fraction of sp³-hybridized carbons (Fsp3) is 0.500. The molecule has 0 atom stereocenters. The van der Waals surface area contributed by atoms with Crippen LogP contribution in [0.25, 0.3) is 0 Å². The zero-order valence-corrected chi connectivity index (χ0v) is 8.49. The molecule has 0 unspecified atom stereocenters. The molecule has 1 aromatic rings. The van der Waals surface area contributed by atoms with Gasteiger partial charge in [-0.2, -0.15) is 0 Å². The van der Waals surface area contributed by atoms with Crippen molar-refractivity contribution in [2.75, 3.05) is 0 Å². The highest BCUT2D eigenvalue weighted by molar-refractivity contribution is 5.30. The van der Waals surface area contributed by atoms with E-state index in [9.17, 15) is 9.50 Å². The van der Waals surface area contributed by atoms with Gasteiger partial charge in [0.05, 0.1) is 6.10 Å². The number of hydrogen-bond acceptors (Lipinski definition) is 2. The van der Waals surface area contributed by atoms with Gasteiger partial charge in [0.25, 0.3) is 0 Å². The quantitative estimate of drug-likeness (QED) is 0.747. The lowest BCUT2D eigenvalue weighted by Gasteiger charge is -2.25. The van der Waals surface area contributed by atoms with E-state index < -0.39 is 5.82 Å². The number of aliphatic hydroxyl groups is 1. The molecule has 1 saturated carbocycles. The van der Waals surface area contributed by atoms with E-state index in [0.29, 0.717) is 5.92 Å². The molecule has 2 rings (SSSR count). The summed E-state index contributed by atoms with van der Waals surface area (Å²) in [5, 5.41) is 18.4. The van der Waals surface area contributed by atoms with E-state index in [1.54, 1.807) is 6.07 Å². The first-order chi connectivity index (χ1) is 7.16. The van der Waals surface area contributed by atoms with Gasteiger partial charge in [0, 0.05) is 0 Å². The first kappa shape index (κ1) is 10.4. The topological polar surface area (TPSA) is 40.5 Å². The van der Waals surface area contributed by atoms with Gasteiger partial charge in [0.15, 0.2) is 11.6 Å². The molecule has 15 heavy (non-hydrogen) atoms. The van der Waals surface area contributed by atoms with Gasteiger partial charge >= 0.3 is 0 Å². The van der Waals surface area contributed by atoms with Crippen LogP contribution < -0.4 is 0 Å². The van der Waals surface area contributed by atoms with Crippen molar-refractivity contribution in [2.45, 2.75) is 37.7 Å². The molecule has 0 bridgehead atoms. The zero-order valence-electron chi connectivity index (χ0n) is 8.49. The average molecular weight is 210 g/mol. The Bertz CT molecular complexity index is 343. The summed E-state index contributed by atoms with van der Waals surface area (Å²) in [6, 6.07) is 4.56. The van der Waals surface area contributed by atoms with Gasteiger partial charge < -0.3 is 10.2 Å². The maximum atomic E-state index is 13.1. The van der Waals surface area contributed by atoms with Crippen molar-refractivity contribution in [3.63, 3.8) is 0 Å². The van der Waals surface area contributed by atoms with E-state index in [0.717, 1.165) is 31.2 Å². The standard InChI is InChI=1S/C12H15FO2/c13-11-7-9(3-6-12(11)15)8-1-4-10(14)5-2-8/h3,6-8,10,14-15H,1-2,4-5H2. The van der Waals surface area contributed by atoms with E-state index >= 15 is 0 Å². The molecular weight excluding hydrogens is 195 g/mol. The van der Waals surface area contributed by atoms with Crippen molar-refractivity contribution >= 4 is 0 Å². The first-order valence-corrected chi connectivity index (χ1v) is 5.33. The van der Waals surface area contributed by atoms with Crippen molar-refractivity contribution in [2.24, 2.45) is 0 Å². The van der Waals surface area contributed by atoms with E-state index in [1.165, 1.54) is 12.1 Å². The van der Waals surface area contributed by atoms with Crippen LogP contribution in [0.2, 0.25) is 0 Å². The molecule has 2 nitrogen and oxygen atoms in total. The third-order valence-electron chi connectivity index (χ3n) is 3.14. The maximum absolute atomic E-state index is 13.1. The molecule has 0 spiro atoms. The summed E-state index contributed by atoms with van der Waals surface area (Å²) in [5.74, 6) is -0.531. The van der Waals surface area contributed by atoms with Gasteiger partial charge in [0.1, 0.15) is 0 Å². The normalized spacial score (nSPS) is 26.5. The summed E-state index contributed by atoms with van der Waals surface area (Å²) in [6.45, 7) is 0. The third kappa shape index (κ3) is 2.29. The maximum Gasteiger partial charge on any atom is 0.165 e. The van der Waals surface area contributed by atoms with Crippen LogP contribution in [-0.2, 0) is 0 Å². The lowest BCUT2D eigenvalue weighted by Crippen LogP contribution is -2.16. The summed E-state index contributed by atoms with van der Waals surface area (Å²) in [4.78, 5) is 0. The predicted octanol–water partition coefficient (Wildman–Crippen LogP) is 2.55. The van der Waals surface area contributed by atoms with Crippen LogP contribution in [-0.4, -0.2) is 16.3 Å². The second kappa shape index (κ2) is 4.19. The monoisotopic (exact) mass is 210 g/mol. The zero-order chi connectivity index (χ0) is 10.8. The van der Waals surface area contributed by atoms with E-state index in [4.69, 9.17) is 5.11 Å². The van der Waals surface area contributed by atoms with Crippen molar-refractivity contribution in [1.29, 1.82) is 0 Å². The number of aliphatic hydroxyl groups excluding tert-OH is 1. The number of phenolic OH excluding ortho intramolecular Hbond substituents is 1. The second-order valence-corrected chi connectivity index (χ2v) is 4.22. The largest absolute Gasteiger partial charge is 0.505 e. The van der Waals surface area contributed by atoms with Crippen LogP contribution in [0, 0.1) is 5.82 Å². The Balaban J connectivity index is 2.12. The van der Waals surface area contributed by atoms with E-state index in [2.05, 4.69) is 0 Å². The molecule has 1 aliphatic rings. The molecule has 0 heterocycles. The molecule has 0 saturated heterocycles. The molecule has 3 heteroatoms. The Morgan fingerprint density at radius 2 is 1.80 bits per heavy atom. The molecule has 2 N–H and O–H groups in total. The minimum atomic E-state index is -0.557. The Morgan fingerprint density at radius 3 is 2.40 bits per heavy atom. The molecule has 1 aliphatic carbocycles. The Labute approximate surface area is 88.4 Å². The van der Waals surface area contributed by atoms with Gasteiger partial charge in [-0.1, -0.05) is 6.07 Å². The van der Waals surface area contributed by atoms with Crippen molar-refractivity contribution in [1.82, 2.24) is 0 Å². The summed E-state index contributed by atoms with van der Waals surface area (Å²) < 4.78 is 13.1. The highest BCUT2D eigenvalue weighted by atomic mass is 19.1. The number of aromatic hydroxyl groups is 1. The SMILES string of the molecule is Oc1ccc(C2CCC(O)CC2)cc1F. The number of benzene rings is 1. The van der Waals surface area contributed by atoms with Crippen molar-refractivity contribution < 1.29 is 14.6 Å².